The third-order valence-electron chi connectivity index (χ3n) is 5.17. The molecule has 7 heteroatoms. The highest BCUT2D eigenvalue weighted by atomic mass is 127. The van der Waals surface area contributed by atoms with Gasteiger partial charge in [-0.2, -0.15) is 0 Å². The van der Waals surface area contributed by atoms with E-state index in [0.29, 0.717) is 26.2 Å². The Balaban J connectivity index is 1.44. The van der Waals surface area contributed by atoms with Crippen LogP contribution in [0.1, 0.15) is 12.5 Å². The average molecular weight is 545 g/mol. The SMILES string of the molecule is CCOC(Cc1ccc(OCCN2c3ccccc3Oc3ccccc32)c(I)c1)C(=O)O. The van der Waals surface area contributed by atoms with E-state index in [1.807, 2.05) is 66.7 Å². The van der Waals surface area contributed by atoms with E-state index in [1.54, 1.807) is 6.92 Å². The Labute approximate surface area is 200 Å². The van der Waals surface area contributed by atoms with E-state index in [0.717, 1.165) is 37.8 Å². The molecule has 0 radical (unpaired) electrons. The van der Waals surface area contributed by atoms with Crippen LogP contribution in [0.25, 0.3) is 0 Å². The van der Waals surface area contributed by atoms with Crippen molar-refractivity contribution in [3.63, 3.8) is 0 Å². The van der Waals surface area contributed by atoms with E-state index in [9.17, 15) is 9.90 Å². The van der Waals surface area contributed by atoms with Crippen LogP contribution < -0.4 is 14.4 Å². The number of ether oxygens (including phenoxy) is 3. The highest BCUT2D eigenvalue weighted by Gasteiger charge is 2.23. The van der Waals surface area contributed by atoms with Crippen molar-refractivity contribution in [2.24, 2.45) is 0 Å². The number of carboxylic acid groups (broad SMARTS) is 1. The van der Waals surface area contributed by atoms with Crippen LogP contribution in [0.2, 0.25) is 0 Å². The maximum atomic E-state index is 11.3. The smallest absolute Gasteiger partial charge is 0.333 e. The molecule has 0 saturated heterocycles. The van der Waals surface area contributed by atoms with Gasteiger partial charge in [-0.1, -0.05) is 30.3 Å². The lowest BCUT2D eigenvalue weighted by atomic mass is 10.1. The largest absolute Gasteiger partial charge is 0.491 e. The maximum absolute atomic E-state index is 11.3. The van der Waals surface area contributed by atoms with Crippen molar-refractivity contribution in [2.45, 2.75) is 19.4 Å². The molecule has 0 spiro atoms. The first kappa shape index (κ1) is 22.4. The molecule has 6 nitrogen and oxygen atoms in total. The van der Waals surface area contributed by atoms with E-state index < -0.39 is 12.1 Å². The minimum absolute atomic E-state index is 0.320. The van der Waals surface area contributed by atoms with Crippen LogP contribution in [0.5, 0.6) is 17.2 Å². The van der Waals surface area contributed by atoms with Gasteiger partial charge in [0, 0.05) is 13.0 Å². The third-order valence-corrected chi connectivity index (χ3v) is 6.01. The third kappa shape index (κ3) is 4.99. The molecule has 166 valence electrons. The number of hydrogen-bond acceptors (Lipinski definition) is 5. The van der Waals surface area contributed by atoms with Gasteiger partial charge in [-0.3, -0.25) is 0 Å². The number of anilines is 2. The molecule has 1 atom stereocenters. The van der Waals surface area contributed by atoms with Gasteiger partial charge in [0.1, 0.15) is 12.4 Å². The number of carboxylic acids is 1. The lowest BCUT2D eigenvalue weighted by Gasteiger charge is -2.32. The summed E-state index contributed by atoms with van der Waals surface area (Å²) in [5.74, 6) is 1.47. The molecule has 0 aromatic heterocycles. The van der Waals surface area contributed by atoms with Crippen LogP contribution in [0.4, 0.5) is 11.4 Å². The number of nitrogens with zero attached hydrogens (tertiary/aromatic N) is 1. The molecule has 1 aliphatic rings. The molecular formula is C25H24INO5. The van der Waals surface area contributed by atoms with Crippen molar-refractivity contribution < 1.29 is 24.1 Å². The summed E-state index contributed by atoms with van der Waals surface area (Å²) in [5.41, 5.74) is 2.92. The van der Waals surface area contributed by atoms with Gasteiger partial charge in [-0.05, 0) is 71.5 Å². The molecule has 0 aliphatic carbocycles. The lowest BCUT2D eigenvalue weighted by molar-refractivity contribution is -0.149. The molecule has 0 fully saturated rings. The Morgan fingerprint density at radius 2 is 1.72 bits per heavy atom. The first-order chi connectivity index (χ1) is 15.6. The number of benzene rings is 3. The second-order valence-electron chi connectivity index (χ2n) is 7.29. The number of fused-ring (bicyclic) bond motifs is 2. The van der Waals surface area contributed by atoms with Gasteiger partial charge < -0.3 is 24.2 Å². The Morgan fingerprint density at radius 3 is 2.31 bits per heavy atom. The van der Waals surface area contributed by atoms with Gasteiger partial charge >= 0.3 is 5.97 Å². The molecule has 1 unspecified atom stereocenters. The summed E-state index contributed by atoms with van der Waals surface area (Å²) < 4.78 is 18.4. The zero-order valence-electron chi connectivity index (χ0n) is 17.7. The highest BCUT2D eigenvalue weighted by molar-refractivity contribution is 14.1. The standard InChI is InChI=1S/C25H24INO5/c1-2-30-24(25(28)29)16-17-11-12-21(18(26)15-17)31-14-13-27-19-7-3-5-9-22(19)32-23-10-6-4-8-20(23)27/h3-12,15,24H,2,13-14,16H2,1H3,(H,28,29). The molecule has 1 N–H and O–H groups in total. The summed E-state index contributed by atoms with van der Waals surface area (Å²) in [6.45, 7) is 3.29. The van der Waals surface area contributed by atoms with Crippen molar-refractivity contribution in [2.75, 3.05) is 24.7 Å². The Kier molecular flexibility index (Phi) is 7.16. The van der Waals surface area contributed by atoms with Crippen molar-refractivity contribution in [3.8, 4) is 17.2 Å². The quantitative estimate of drug-likeness (QED) is 0.351. The second kappa shape index (κ2) is 10.2. The van der Waals surface area contributed by atoms with Crippen LogP contribution in [0.15, 0.2) is 66.7 Å². The molecule has 1 aliphatic heterocycles. The van der Waals surface area contributed by atoms with Crippen molar-refractivity contribution in [1.29, 1.82) is 0 Å². The molecule has 3 aromatic rings. The van der Waals surface area contributed by atoms with E-state index in [2.05, 4.69) is 27.5 Å². The molecule has 1 heterocycles. The Bertz CT molecular complexity index is 1060. The van der Waals surface area contributed by atoms with Crippen LogP contribution in [0, 0.1) is 3.57 Å². The zero-order valence-corrected chi connectivity index (χ0v) is 19.8. The normalized spacial score (nSPS) is 13.0. The lowest BCUT2D eigenvalue weighted by Crippen LogP contribution is -2.26. The predicted molar refractivity (Wildman–Crippen MR) is 131 cm³/mol. The molecule has 4 rings (SSSR count). The summed E-state index contributed by atoms with van der Waals surface area (Å²) in [5, 5.41) is 9.30. The maximum Gasteiger partial charge on any atom is 0.333 e. The van der Waals surface area contributed by atoms with Gasteiger partial charge in [0.2, 0.25) is 0 Å². The van der Waals surface area contributed by atoms with E-state index in [1.165, 1.54) is 0 Å². The number of para-hydroxylation sites is 4. The molecule has 0 amide bonds. The number of halogens is 1. The fraction of sp³-hybridized carbons (Fsp3) is 0.240. The van der Waals surface area contributed by atoms with Crippen LogP contribution in [-0.2, 0) is 16.0 Å². The van der Waals surface area contributed by atoms with Crippen molar-refractivity contribution in [3.05, 3.63) is 75.9 Å². The van der Waals surface area contributed by atoms with Gasteiger partial charge in [0.25, 0.3) is 0 Å². The van der Waals surface area contributed by atoms with Crippen LogP contribution in [0.3, 0.4) is 0 Å². The molecule has 32 heavy (non-hydrogen) atoms. The summed E-state index contributed by atoms with van der Waals surface area (Å²) in [7, 11) is 0. The number of aliphatic carboxylic acids is 1. The van der Waals surface area contributed by atoms with E-state index >= 15 is 0 Å². The van der Waals surface area contributed by atoms with Crippen molar-refractivity contribution >= 4 is 39.9 Å². The number of hydrogen-bond donors (Lipinski definition) is 1. The zero-order chi connectivity index (χ0) is 22.5. The van der Waals surface area contributed by atoms with Gasteiger partial charge in [0.05, 0.1) is 21.5 Å². The van der Waals surface area contributed by atoms with E-state index in [4.69, 9.17) is 14.2 Å². The minimum Gasteiger partial charge on any atom is -0.491 e. The topological polar surface area (TPSA) is 68.2 Å². The highest BCUT2D eigenvalue weighted by Crippen LogP contribution is 2.45. The predicted octanol–water partition coefficient (Wildman–Crippen LogP) is 5.65. The van der Waals surface area contributed by atoms with Crippen molar-refractivity contribution in [1.82, 2.24) is 0 Å². The Morgan fingerprint density at radius 1 is 1.06 bits per heavy atom. The second-order valence-corrected chi connectivity index (χ2v) is 8.45. The fourth-order valence-electron chi connectivity index (χ4n) is 3.69. The average Bonchev–Trinajstić information content (AvgIpc) is 2.79. The summed E-state index contributed by atoms with van der Waals surface area (Å²) in [6, 6.07) is 21.7. The number of carbonyl (C=O) groups is 1. The van der Waals surface area contributed by atoms with Gasteiger partial charge in [-0.15, -0.1) is 0 Å². The summed E-state index contributed by atoms with van der Waals surface area (Å²) >= 11 is 2.22. The Hall–Kier alpha value is -2.78. The van der Waals surface area contributed by atoms with E-state index in [-0.39, 0.29) is 0 Å². The number of rotatable bonds is 9. The summed E-state index contributed by atoms with van der Waals surface area (Å²) in [6.07, 6.45) is -0.523. The molecular weight excluding hydrogens is 521 g/mol. The van der Waals surface area contributed by atoms with Gasteiger partial charge in [-0.25, -0.2) is 4.79 Å². The van der Waals surface area contributed by atoms with Gasteiger partial charge in [0.15, 0.2) is 17.6 Å². The first-order valence-electron chi connectivity index (χ1n) is 10.5. The van der Waals surface area contributed by atoms with Crippen LogP contribution >= 0.6 is 22.6 Å². The molecule has 0 bridgehead atoms. The minimum atomic E-state index is -0.951. The van der Waals surface area contributed by atoms with Crippen LogP contribution in [-0.4, -0.2) is 36.9 Å². The first-order valence-corrected chi connectivity index (χ1v) is 11.5. The summed E-state index contributed by atoms with van der Waals surface area (Å²) in [4.78, 5) is 13.6. The monoisotopic (exact) mass is 545 g/mol. The fourth-order valence-corrected chi connectivity index (χ4v) is 4.43. The molecule has 3 aromatic carbocycles. The molecule has 0 saturated carbocycles.